The molecule has 0 radical (unpaired) electrons. The number of nitrogens with zero attached hydrogens (tertiary/aromatic N) is 2. The average molecular weight is 185 g/mol. The van der Waals surface area contributed by atoms with Gasteiger partial charge in [-0.3, -0.25) is 0 Å². The van der Waals surface area contributed by atoms with Crippen LogP contribution < -0.4 is 5.73 Å². The van der Waals surface area contributed by atoms with Gasteiger partial charge in [-0.1, -0.05) is 6.92 Å². The summed E-state index contributed by atoms with van der Waals surface area (Å²) >= 11 is 0. The van der Waals surface area contributed by atoms with E-state index in [9.17, 15) is 0 Å². The van der Waals surface area contributed by atoms with Crippen LogP contribution in [0.15, 0.2) is 0 Å². The number of hydrogen-bond acceptors (Lipinski definition) is 3. The Balaban J connectivity index is 2.27. The Hall–Kier alpha value is -0.120. The van der Waals surface area contributed by atoms with Gasteiger partial charge in [0.1, 0.15) is 0 Å². The lowest BCUT2D eigenvalue weighted by Crippen LogP contribution is -2.38. The molecular formula is C10H23N3. The molecule has 1 aliphatic rings. The largest absolute Gasteiger partial charge is 0.327 e. The van der Waals surface area contributed by atoms with E-state index in [0.717, 1.165) is 6.54 Å². The third kappa shape index (κ3) is 4.07. The number of rotatable bonds is 3. The van der Waals surface area contributed by atoms with Crippen molar-refractivity contribution in [2.24, 2.45) is 5.73 Å². The molecule has 0 spiro atoms. The third-order valence-electron chi connectivity index (χ3n) is 2.67. The van der Waals surface area contributed by atoms with E-state index in [0.29, 0.717) is 6.04 Å². The second-order valence-electron chi connectivity index (χ2n) is 4.07. The highest BCUT2D eigenvalue weighted by molar-refractivity contribution is 4.71. The molecule has 3 heteroatoms. The van der Waals surface area contributed by atoms with Crippen LogP contribution in [0.5, 0.6) is 0 Å². The van der Waals surface area contributed by atoms with E-state index in [2.05, 4.69) is 23.6 Å². The fourth-order valence-corrected chi connectivity index (χ4v) is 1.93. The van der Waals surface area contributed by atoms with Gasteiger partial charge in [0.05, 0.1) is 0 Å². The standard InChI is InChI=1S/C10H23N3/c1-3-12-5-4-6-13(8-7-12)9-10(2)11/h10H,3-9,11H2,1-2H3. The maximum absolute atomic E-state index is 5.79. The zero-order valence-corrected chi connectivity index (χ0v) is 9.00. The predicted molar refractivity (Wildman–Crippen MR) is 56.8 cm³/mol. The summed E-state index contributed by atoms with van der Waals surface area (Å²) in [6.45, 7) is 11.4. The van der Waals surface area contributed by atoms with E-state index in [1.807, 2.05) is 0 Å². The van der Waals surface area contributed by atoms with Crippen LogP contribution in [0, 0.1) is 0 Å². The molecule has 1 atom stereocenters. The average Bonchev–Trinajstić information content (AvgIpc) is 2.29. The molecule has 1 saturated heterocycles. The van der Waals surface area contributed by atoms with Crippen molar-refractivity contribution in [3.63, 3.8) is 0 Å². The van der Waals surface area contributed by atoms with Crippen LogP contribution in [0.2, 0.25) is 0 Å². The molecular weight excluding hydrogens is 162 g/mol. The van der Waals surface area contributed by atoms with Crippen molar-refractivity contribution < 1.29 is 0 Å². The first-order chi connectivity index (χ1) is 6.22. The number of likely N-dealkylation sites (N-methyl/N-ethyl adjacent to an activating group) is 1. The Kier molecular flexibility index (Phi) is 4.70. The Morgan fingerprint density at radius 1 is 1.15 bits per heavy atom. The van der Waals surface area contributed by atoms with Gasteiger partial charge < -0.3 is 15.5 Å². The lowest BCUT2D eigenvalue weighted by molar-refractivity contribution is 0.255. The second-order valence-corrected chi connectivity index (χ2v) is 4.07. The summed E-state index contributed by atoms with van der Waals surface area (Å²) in [6, 6.07) is 0.313. The molecule has 0 amide bonds. The molecule has 2 N–H and O–H groups in total. The van der Waals surface area contributed by atoms with Crippen molar-refractivity contribution in [1.82, 2.24) is 9.80 Å². The van der Waals surface area contributed by atoms with Crippen LogP contribution in [0.25, 0.3) is 0 Å². The summed E-state index contributed by atoms with van der Waals surface area (Å²) in [5, 5.41) is 0. The van der Waals surface area contributed by atoms with E-state index in [4.69, 9.17) is 5.73 Å². The SMILES string of the molecule is CCN1CCCN(CC(C)N)CC1. The molecule has 0 aromatic heterocycles. The molecule has 0 aliphatic carbocycles. The number of nitrogens with two attached hydrogens (primary N) is 1. The lowest BCUT2D eigenvalue weighted by atomic mass is 10.3. The first-order valence-corrected chi connectivity index (χ1v) is 5.42. The van der Waals surface area contributed by atoms with E-state index in [1.54, 1.807) is 0 Å². The van der Waals surface area contributed by atoms with Gasteiger partial charge in [-0.15, -0.1) is 0 Å². The van der Waals surface area contributed by atoms with E-state index in [-0.39, 0.29) is 0 Å². The highest BCUT2D eigenvalue weighted by atomic mass is 15.2. The fraction of sp³-hybridized carbons (Fsp3) is 1.00. The quantitative estimate of drug-likeness (QED) is 0.689. The topological polar surface area (TPSA) is 32.5 Å². The van der Waals surface area contributed by atoms with Crippen LogP contribution in [-0.4, -0.2) is 55.1 Å². The third-order valence-corrected chi connectivity index (χ3v) is 2.67. The predicted octanol–water partition coefficient (Wildman–Crippen LogP) is 0.361. The normalized spacial score (nSPS) is 24.2. The molecule has 13 heavy (non-hydrogen) atoms. The van der Waals surface area contributed by atoms with Gasteiger partial charge in [0.15, 0.2) is 0 Å². The summed E-state index contributed by atoms with van der Waals surface area (Å²) in [4.78, 5) is 5.00. The molecule has 0 saturated carbocycles. The highest BCUT2D eigenvalue weighted by Gasteiger charge is 2.13. The van der Waals surface area contributed by atoms with Gasteiger partial charge in [-0.25, -0.2) is 0 Å². The highest BCUT2D eigenvalue weighted by Crippen LogP contribution is 2.02. The maximum atomic E-state index is 5.79. The maximum Gasteiger partial charge on any atom is 0.0139 e. The van der Waals surface area contributed by atoms with Crippen LogP contribution in [0.1, 0.15) is 20.3 Å². The summed E-state index contributed by atoms with van der Waals surface area (Å²) < 4.78 is 0. The van der Waals surface area contributed by atoms with E-state index < -0.39 is 0 Å². The minimum atomic E-state index is 0.313. The summed E-state index contributed by atoms with van der Waals surface area (Å²) in [7, 11) is 0. The molecule has 1 aliphatic heterocycles. The smallest absolute Gasteiger partial charge is 0.0139 e. The van der Waals surface area contributed by atoms with Crippen molar-refractivity contribution in [1.29, 1.82) is 0 Å². The van der Waals surface area contributed by atoms with Crippen molar-refractivity contribution in [2.45, 2.75) is 26.3 Å². The fourth-order valence-electron chi connectivity index (χ4n) is 1.93. The van der Waals surface area contributed by atoms with Crippen molar-refractivity contribution in [3.05, 3.63) is 0 Å². The molecule has 0 aromatic carbocycles. The van der Waals surface area contributed by atoms with Gasteiger partial charge in [0.25, 0.3) is 0 Å². The molecule has 3 nitrogen and oxygen atoms in total. The van der Waals surface area contributed by atoms with Crippen LogP contribution in [0.4, 0.5) is 0 Å². The van der Waals surface area contributed by atoms with E-state index >= 15 is 0 Å². The molecule has 0 bridgehead atoms. The first-order valence-electron chi connectivity index (χ1n) is 5.42. The summed E-state index contributed by atoms with van der Waals surface area (Å²) in [6.07, 6.45) is 1.29. The van der Waals surface area contributed by atoms with Gasteiger partial charge in [-0.2, -0.15) is 0 Å². The minimum Gasteiger partial charge on any atom is -0.327 e. The lowest BCUT2D eigenvalue weighted by Gasteiger charge is -2.22. The molecule has 1 fully saturated rings. The van der Waals surface area contributed by atoms with Crippen LogP contribution in [-0.2, 0) is 0 Å². The zero-order valence-electron chi connectivity index (χ0n) is 9.00. The molecule has 1 heterocycles. The molecule has 0 aromatic rings. The van der Waals surface area contributed by atoms with Crippen molar-refractivity contribution in [3.8, 4) is 0 Å². The Labute approximate surface area is 81.9 Å². The summed E-state index contributed by atoms with van der Waals surface area (Å²) in [5.41, 5.74) is 5.79. The molecule has 1 rings (SSSR count). The van der Waals surface area contributed by atoms with Crippen LogP contribution >= 0.6 is 0 Å². The van der Waals surface area contributed by atoms with Gasteiger partial charge >= 0.3 is 0 Å². The Bertz CT molecular complexity index is 136. The minimum absolute atomic E-state index is 0.313. The van der Waals surface area contributed by atoms with Gasteiger partial charge in [-0.05, 0) is 33.0 Å². The Morgan fingerprint density at radius 3 is 2.38 bits per heavy atom. The number of hydrogen-bond donors (Lipinski definition) is 1. The zero-order chi connectivity index (χ0) is 9.68. The van der Waals surface area contributed by atoms with Gasteiger partial charge in [0.2, 0.25) is 0 Å². The van der Waals surface area contributed by atoms with Gasteiger partial charge in [0, 0.05) is 25.7 Å². The Morgan fingerprint density at radius 2 is 1.77 bits per heavy atom. The summed E-state index contributed by atoms with van der Waals surface area (Å²) in [5.74, 6) is 0. The van der Waals surface area contributed by atoms with Crippen LogP contribution in [0.3, 0.4) is 0 Å². The monoisotopic (exact) mass is 185 g/mol. The molecule has 1 unspecified atom stereocenters. The van der Waals surface area contributed by atoms with Crippen molar-refractivity contribution in [2.75, 3.05) is 39.3 Å². The second kappa shape index (κ2) is 5.58. The van der Waals surface area contributed by atoms with E-state index in [1.165, 1.54) is 39.1 Å². The van der Waals surface area contributed by atoms with Crippen molar-refractivity contribution >= 4 is 0 Å². The first kappa shape index (κ1) is 11.0. The molecule has 78 valence electrons.